The Labute approximate surface area is 178 Å². The van der Waals surface area contributed by atoms with Gasteiger partial charge >= 0.3 is 0 Å². The van der Waals surface area contributed by atoms with Crippen LogP contribution in [0.15, 0.2) is 54.6 Å². The summed E-state index contributed by atoms with van der Waals surface area (Å²) in [5.41, 5.74) is 4.64. The van der Waals surface area contributed by atoms with Crippen molar-refractivity contribution in [1.82, 2.24) is 20.1 Å². The largest absolute Gasteiger partial charge is 0.344 e. The molecule has 0 spiro atoms. The SMILES string of the molecule is Cc1ccc2cc(C(=O)NC(CN3CCN(C)CC3)c3ccccc3)c(C)nc2c1. The molecule has 1 N–H and O–H groups in total. The summed E-state index contributed by atoms with van der Waals surface area (Å²) in [6.45, 7) is 8.93. The van der Waals surface area contributed by atoms with E-state index in [1.54, 1.807) is 0 Å². The maximum absolute atomic E-state index is 13.3. The number of nitrogens with zero attached hydrogens (tertiary/aromatic N) is 3. The summed E-state index contributed by atoms with van der Waals surface area (Å²) in [5.74, 6) is -0.0644. The van der Waals surface area contributed by atoms with Crippen LogP contribution in [-0.4, -0.2) is 60.5 Å². The van der Waals surface area contributed by atoms with Crippen molar-refractivity contribution in [1.29, 1.82) is 0 Å². The number of pyridine rings is 1. The number of benzene rings is 2. The zero-order valence-corrected chi connectivity index (χ0v) is 18.1. The molecule has 156 valence electrons. The summed E-state index contributed by atoms with van der Waals surface area (Å²) in [6.07, 6.45) is 0. The van der Waals surface area contributed by atoms with Gasteiger partial charge in [-0.3, -0.25) is 14.7 Å². The molecule has 3 aromatic rings. The Bertz CT molecular complexity index is 1030. The molecule has 1 fully saturated rings. The van der Waals surface area contributed by atoms with Gasteiger partial charge in [0.2, 0.25) is 0 Å². The first-order valence-corrected chi connectivity index (χ1v) is 10.6. The Kier molecular flexibility index (Phi) is 6.11. The lowest BCUT2D eigenvalue weighted by Gasteiger charge is -2.35. The van der Waals surface area contributed by atoms with E-state index < -0.39 is 0 Å². The molecule has 1 saturated heterocycles. The van der Waals surface area contributed by atoms with Crippen molar-refractivity contribution in [2.24, 2.45) is 0 Å². The van der Waals surface area contributed by atoms with Crippen molar-refractivity contribution in [3.63, 3.8) is 0 Å². The fourth-order valence-corrected chi connectivity index (χ4v) is 4.05. The van der Waals surface area contributed by atoms with Gasteiger partial charge in [0.1, 0.15) is 0 Å². The molecule has 1 aliphatic rings. The molecular formula is C25H30N4O. The van der Waals surface area contributed by atoms with E-state index in [1.165, 1.54) is 5.56 Å². The molecule has 1 aliphatic heterocycles. The molecule has 30 heavy (non-hydrogen) atoms. The van der Waals surface area contributed by atoms with E-state index in [0.717, 1.165) is 54.9 Å². The zero-order chi connectivity index (χ0) is 21.1. The number of aryl methyl sites for hydroxylation is 2. The van der Waals surface area contributed by atoms with Crippen molar-refractivity contribution in [2.75, 3.05) is 39.8 Å². The number of amides is 1. The molecule has 0 radical (unpaired) electrons. The van der Waals surface area contributed by atoms with Crippen molar-refractivity contribution in [2.45, 2.75) is 19.9 Å². The van der Waals surface area contributed by atoms with Crippen LogP contribution in [0.5, 0.6) is 0 Å². The first-order chi connectivity index (χ1) is 14.5. The molecule has 1 unspecified atom stereocenters. The monoisotopic (exact) mass is 402 g/mol. The highest BCUT2D eigenvalue weighted by atomic mass is 16.1. The minimum Gasteiger partial charge on any atom is -0.344 e. The lowest BCUT2D eigenvalue weighted by atomic mass is 10.0. The van der Waals surface area contributed by atoms with Crippen LogP contribution in [0.1, 0.15) is 33.2 Å². The average Bonchev–Trinajstić information content (AvgIpc) is 2.74. The summed E-state index contributed by atoms with van der Waals surface area (Å²) in [4.78, 5) is 22.7. The van der Waals surface area contributed by atoms with Crippen LogP contribution in [-0.2, 0) is 0 Å². The molecule has 1 atom stereocenters. The fourth-order valence-electron chi connectivity index (χ4n) is 4.05. The molecule has 5 heteroatoms. The van der Waals surface area contributed by atoms with Crippen molar-refractivity contribution in [3.05, 3.63) is 77.0 Å². The van der Waals surface area contributed by atoms with Gasteiger partial charge in [0.05, 0.1) is 22.8 Å². The number of rotatable bonds is 5. The number of aromatic nitrogens is 1. The average molecular weight is 403 g/mol. The maximum Gasteiger partial charge on any atom is 0.253 e. The molecule has 5 nitrogen and oxygen atoms in total. The van der Waals surface area contributed by atoms with Gasteiger partial charge in [-0.2, -0.15) is 0 Å². The van der Waals surface area contributed by atoms with E-state index >= 15 is 0 Å². The lowest BCUT2D eigenvalue weighted by molar-refractivity contribution is 0.0906. The topological polar surface area (TPSA) is 48.5 Å². The first kappa shape index (κ1) is 20.5. The van der Waals surface area contributed by atoms with Crippen molar-refractivity contribution >= 4 is 16.8 Å². The highest BCUT2D eigenvalue weighted by molar-refractivity contribution is 5.98. The van der Waals surface area contributed by atoms with Crippen molar-refractivity contribution in [3.8, 4) is 0 Å². The van der Waals surface area contributed by atoms with E-state index in [2.05, 4.69) is 58.3 Å². The number of piperazine rings is 1. The highest BCUT2D eigenvalue weighted by Gasteiger charge is 2.22. The second-order valence-electron chi connectivity index (χ2n) is 8.36. The van der Waals surface area contributed by atoms with E-state index in [4.69, 9.17) is 0 Å². The molecule has 0 bridgehead atoms. The van der Waals surface area contributed by atoms with Crippen LogP contribution in [0.4, 0.5) is 0 Å². The third-order valence-electron chi connectivity index (χ3n) is 5.95. The number of hydrogen-bond donors (Lipinski definition) is 1. The smallest absolute Gasteiger partial charge is 0.253 e. The molecule has 2 heterocycles. The molecule has 1 amide bonds. The number of fused-ring (bicyclic) bond motifs is 1. The lowest BCUT2D eigenvalue weighted by Crippen LogP contribution is -2.47. The van der Waals surface area contributed by atoms with Crippen LogP contribution in [0.3, 0.4) is 0 Å². The van der Waals surface area contributed by atoms with Crippen LogP contribution >= 0.6 is 0 Å². The van der Waals surface area contributed by atoms with Gasteiger partial charge in [-0.15, -0.1) is 0 Å². The van der Waals surface area contributed by atoms with Gasteiger partial charge in [0.25, 0.3) is 5.91 Å². The minimum absolute atomic E-state index is 0.0600. The van der Waals surface area contributed by atoms with Crippen molar-refractivity contribution < 1.29 is 4.79 Å². The predicted molar refractivity (Wildman–Crippen MR) is 122 cm³/mol. The highest BCUT2D eigenvalue weighted by Crippen LogP contribution is 2.20. The summed E-state index contributed by atoms with van der Waals surface area (Å²) in [6, 6.07) is 18.3. The third kappa shape index (κ3) is 4.69. The first-order valence-electron chi connectivity index (χ1n) is 10.6. The maximum atomic E-state index is 13.3. The van der Waals surface area contributed by atoms with Crippen LogP contribution in [0, 0.1) is 13.8 Å². The Morgan fingerprint density at radius 2 is 1.77 bits per heavy atom. The number of nitrogens with one attached hydrogen (secondary N) is 1. The van der Waals surface area contributed by atoms with Gasteiger partial charge in [-0.1, -0.05) is 42.5 Å². The quantitative estimate of drug-likeness (QED) is 0.709. The molecule has 0 aliphatic carbocycles. The Morgan fingerprint density at radius 3 is 2.50 bits per heavy atom. The summed E-state index contributed by atoms with van der Waals surface area (Å²) in [7, 11) is 2.16. The number of carbonyl (C=O) groups is 1. The normalized spacial score (nSPS) is 16.5. The number of hydrogen-bond acceptors (Lipinski definition) is 4. The van der Waals surface area contributed by atoms with Crippen LogP contribution in [0.2, 0.25) is 0 Å². The molecular weight excluding hydrogens is 372 g/mol. The van der Waals surface area contributed by atoms with E-state index in [9.17, 15) is 4.79 Å². The minimum atomic E-state index is -0.0644. The van der Waals surface area contributed by atoms with E-state index in [1.807, 2.05) is 37.3 Å². The van der Waals surface area contributed by atoms with Gasteiger partial charge in [0.15, 0.2) is 0 Å². The fraction of sp³-hybridized carbons (Fsp3) is 0.360. The van der Waals surface area contributed by atoms with Gasteiger partial charge in [-0.25, -0.2) is 0 Å². The Balaban J connectivity index is 1.57. The molecule has 2 aromatic carbocycles. The standard InChI is InChI=1S/C25H30N4O/c1-18-9-10-21-16-22(19(2)26-23(21)15-18)25(30)27-24(20-7-5-4-6-8-20)17-29-13-11-28(3)12-14-29/h4-10,15-16,24H,11-14,17H2,1-3H3,(H,27,30). The predicted octanol–water partition coefficient (Wildman–Crippen LogP) is 3.57. The van der Waals surface area contributed by atoms with Gasteiger partial charge in [-0.05, 0) is 44.2 Å². The second-order valence-corrected chi connectivity index (χ2v) is 8.36. The Morgan fingerprint density at radius 1 is 1.03 bits per heavy atom. The van der Waals surface area contributed by atoms with Gasteiger partial charge < -0.3 is 10.2 Å². The van der Waals surface area contributed by atoms with Crippen LogP contribution in [0.25, 0.3) is 10.9 Å². The van der Waals surface area contributed by atoms with E-state index in [-0.39, 0.29) is 11.9 Å². The van der Waals surface area contributed by atoms with E-state index in [0.29, 0.717) is 5.56 Å². The second kappa shape index (κ2) is 8.94. The number of carbonyl (C=O) groups excluding carboxylic acids is 1. The summed E-state index contributed by atoms with van der Waals surface area (Å²) < 4.78 is 0. The third-order valence-corrected chi connectivity index (χ3v) is 5.95. The Hall–Kier alpha value is -2.76. The summed E-state index contributed by atoms with van der Waals surface area (Å²) >= 11 is 0. The van der Waals surface area contributed by atoms with Crippen LogP contribution < -0.4 is 5.32 Å². The summed E-state index contributed by atoms with van der Waals surface area (Å²) in [5, 5.41) is 4.28. The van der Waals surface area contributed by atoms with Gasteiger partial charge in [0, 0.05) is 38.1 Å². The number of likely N-dealkylation sites (N-methyl/N-ethyl adjacent to an activating group) is 1. The molecule has 4 rings (SSSR count). The molecule has 0 saturated carbocycles. The zero-order valence-electron chi connectivity index (χ0n) is 18.1. The molecule has 1 aromatic heterocycles.